The van der Waals surface area contributed by atoms with E-state index >= 15 is 0 Å². The molecule has 2 saturated heterocycles. The second-order valence-corrected chi connectivity index (χ2v) is 9.57. The number of hydrogen-bond acceptors (Lipinski definition) is 2. The van der Waals surface area contributed by atoms with Gasteiger partial charge in [-0.3, -0.25) is 4.79 Å². The average Bonchev–Trinajstić information content (AvgIpc) is 3.22. The van der Waals surface area contributed by atoms with Gasteiger partial charge in [0.2, 0.25) is 5.91 Å². The van der Waals surface area contributed by atoms with Crippen molar-refractivity contribution >= 4 is 5.91 Å². The average molecular weight is 443 g/mol. The van der Waals surface area contributed by atoms with E-state index in [2.05, 4.69) is 29.6 Å². The van der Waals surface area contributed by atoms with Crippen LogP contribution in [0.5, 0.6) is 0 Å². The second kappa shape index (κ2) is 8.22. The van der Waals surface area contributed by atoms with Crippen LogP contribution >= 0.6 is 0 Å². The van der Waals surface area contributed by atoms with Gasteiger partial charge in [-0.15, -0.1) is 0 Å². The predicted octanol–water partition coefficient (Wildman–Crippen LogP) is 4.91. The summed E-state index contributed by atoms with van der Waals surface area (Å²) in [7, 11) is 0. The van der Waals surface area contributed by atoms with E-state index < -0.39 is 17.2 Å². The predicted molar refractivity (Wildman–Crippen MR) is 117 cm³/mol. The van der Waals surface area contributed by atoms with Crippen molar-refractivity contribution in [1.29, 1.82) is 0 Å². The molecular weight excluding hydrogens is 413 g/mol. The molecule has 0 aromatic heterocycles. The zero-order chi connectivity index (χ0) is 22.3. The summed E-state index contributed by atoms with van der Waals surface area (Å²) in [5.41, 5.74) is 2.05. The fraction of sp³-hybridized carbons (Fsp3) is 0.500. The molecule has 2 aromatic rings. The minimum atomic E-state index is -4.34. The normalized spacial score (nSPS) is 26.3. The molecule has 2 fully saturated rings. The summed E-state index contributed by atoms with van der Waals surface area (Å²) in [5, 5.41) is 3.40. The monoisotopic (exact) mass is 442 g/mol. The number of likely N-dealkylation sites (tertiary alicyclic amines) is 1. The summed E-state index contributed by atoms with van der Waals surface area (Å²) < 4.78 is 39.8. The first kappa shape index (κ1) is 21.5. The van der Waals surface area contributed by atoms with Crippen molar-refractivity contribution in [2.75, 3.05) is 26.2 Å². The highest BCUT2D eigenvalue weighted by Crippen LogP contribution is 2.47. The number of fused-ring (bicyclic) bond motifs is 2. The van der Waals surface area contributed by atoms with Crippen LogP contribution < -0.4 is 5.32 Å². The number of carbonyl (C=O) groups is 1. The topological polar surface area (TPSA) is 32.3 Å². The Bertz CT molecular complexity index is 982. The van der Waals surface area contributed by atoms with E-state index in [1.165, 1.54) is 17.7 Å². The minimum absolute atomic E-state index is 0.161. The minimum Gasteiger partial charge on any atom is -0.342 e. The number of rotatable bonds is 2. The molecule has 0 unspecified atom stereocenters. The van der Waals surface area contributed by atoms with Crippen LogP contribution in [-0.4, -0.2) is 37.0 Å². The third-order valence-corrected chi connectivity index (χ3v) is 7.87. The van der Waals surface area contributed by atoms with Crippen molar-refractivity contribution in [1.82, 2.24) is 10.2 Å². The SMILES string of the molecule is O=C([C@@H]1CNC[C@]12CCCc1cc(C(F)(F)F)ccc12)N1CCC(c2ccccc2)CC1. The van der Waals surface area contributed by atoms with E-state index in [9.17, 15) is 18.0 Å². The number of alkyl halides is 3. The van der Waals surface area contributed by atoms with Gasteiger partial charge in [-0.25, -0.2) is 0 Å². The lowest BCUT2D eigenvalue weighted by Gasteiger charge is -2.42. The van der Waals surface area contributed by atoms with Gasteiger partial charge in [0.25, 0.3) is 0 Å². The standard InChI is InChI=1S/C26H29F3N2O/c27-26(28,29)21-8-9-22-20(15-21)7-4-12-25(22)17-30-16-23(25)24(32)31-13-10-19(11-14-31)18-5-2-1-3-6-18/h1-3,5-6,8-9,15,19,23,30H,4,7,10-14,16-17H2/t23-,25-/m0/s1. The molecule has 32 heavy (non-hydrogen) atoms. The lowest BCUT2D eigenvalue weighted by Crippen LogP contribution is -2.49. The Kier molecular flexibility index (Phi) is 5.52. The van der Waals surface area contributed by atoms with Gasteiger partial charge in [0.05, 0.1) is 11.5 Å². The molecule has 1 N–H and O–H groups in total. The van der Waals surface area contributed by atoms with E-state index in [1.807, 2.05) is 11.0 Å². The number of nitrogens with one attached hydrogen (secondary N) is 1. The summed E-state index contributed by atoms with van der Waals surface area (Å²) in [4.78, 5) is 15.7. The third-order valence-electron chi connectivity index (χ3n) is 7.87. The van der Waals surface area contributed by atoms with E-state index in [0.717, 1.165) is 49.9 Å². The smallest absolute Gasteiger partial charge is 0.342 e. The summed E-state index contributed by atoms with van der Waals surface area (Å²) >= 11 is 0. The molecule has 0 radical (unpaired) electrons. The summed E-state index contributed by atoms with van der Waals surface area (Å²) in [6.45, 7) is 2.73. The molecule has 0 saturated carbocycles. The first-order valence-electron chi connectivity index (χ1n) is 11.6. The number of halogens is 3. The van der Waals surface area contributed by atoms with Gasteiger partial charge in [-0.2, -0.15) is 13.2 Å². The number of nitrogens with zero attached hydrogens (tertiary/aromatic N) is 1. The van der Waals surface area contributed by atoms with E-state index in [-0.39, 0.29) is 11.8 Å². The van der Waals surface area contributed by atoms with Gasteiger partial charge in [0, 0.05) is 31.6 Å². The maximum absolute atomic E-state index is 13.7. The number of amides is 1. The Hall–Kier alpha value is -2.34. The highest BCUT2D eigenvalue weighted by atomic mass is 19.4. The second-order valence-electron chi connectivity index (χ2n) is 9.57. The van der Waals surface area contributed by atoms with Gasteiger partial charge < -0.3 is 10.2 Å². The Morgan fingerprint density at radius 1 is 1.06 bits per heavy atom. The summed E-state index contributed by atoms with van der Waals surface area (Å²) in [6, 6.07) is 14.6. The molecule has 1 spiro atoms. The fourth-order valence-corrected chi connectivity index (χ4v) is 6.20. The first-order chi connectivity index (χ1) is 15.4. The molecule has 1 aliphatic carbocycles. The van der Waals surface area contributed by atoms with Crippen LogP contribution in [0.1, 0.15) is 53.9 Å². The molecule has 6 heteroatoms. The third kappa shape index (κ3) is 3.72. The van der Waals surface area contributed by atoms with Crippen LogP contribution in [0.25, 0.3) is 0 Å². The van der Waals surface area contributed by atoms with Crippen molar-refractivity contribution in [3.05, 3.63) is 70.8 Å². The van der Waals surface area contributed by atoms with Gasteiger partial charge in [0.1, 0.15) is 0 Å². The number of benzene rings is 2. The number of piperidine rings is 1. The van der Waals surface area contributed by atoms with Crippen LogP contribution in [0.4, 0.5) is 13.2 Å². The van der Waals surface area contributed by atoms with Crippen LogP contribution in [0.15, 0.2) is 48.5 Å². The molecule has 2 atom stereocenters. The quantitative estimate of drug-likeness (QED) is 0.717. The Morgan fingerprint density at radius 2 is 1.81 bits per heavy atom. The molecule has 0 bridgehead atoms. The number of aryl methyl sites for hydroxylation is 1. The molecule has 2 heterocycles. The highest BCUT2D eigenvalue weighted by molar-refractivity contribution is 5.82. The van der Waals surface area contributed by atoms with Crippen LogP contribution in [-0.2, 0) is 22.8 Å². The molecular formula is C26H29F3N2O. The molecule has 2 aliphatic heterocycles. The lowest BCUT2D eigenvalue weighted by atomic mass is 9.64. The van der Waals surface area contributed by atoms with Gasteiger partial charge in [-0.1, -0.05) is 36.4 Å². The Labute approximate surface area is 187 Å². The van der Waals surface area contributed by atoms with Crippen molar-refractivity contribution in [3.63, 3.8) is 0 Å². The number of hydrogen-bond donors (Lipinski definition) is 1. The molecule has 1 amide bonds. The van der Waals surface area contributed by atoms with E-state index in [0.29, 0.717) is 25.4 Å². The van der Waals surface area contributed by atoms with Gasteiger partial charge >= 0.3 is 6.18 Å². The lowest BCUT2D eigenvalue weighted by molar-refractivity contribution is -0.139. The summed E-state index contributed by atoms with van der Waals surface area (Å²) in [5.74, 6) is 0.424. The van der Waals surface area contributed by atoms with Crippen LogP contribution in [0, 0.1) is 5.92 Å². The highest BCUT2D eigenvalue weighted by Gasteiger charge is 2.51. The number of carbonyl (C=O) groups excluding carboxylic acids is 1. The summed E-state index contributed by atoms with van der Waals surface area (Å²) in [6.07, 6.45) is -0.135. The van der Waals surface area contributed by atoms with Crippen molar-refractivity contribution in [3.8, 4) is 0 Å². The maximum atomic E-state index is 13.7. The van der Waals surface area contributed by atoms with Crippen molar-refractivity contribution in [2.24, 2.45) is 5.92 Å². The molecule has 170 valence electrons. The fourth-order valence-electron chi connectivity index (χ4n) is 6.20. The largest absolute Gasteiger partial charge is 0.416 e. The van der Waals surface area contributed by atoms with Crippen molar-refractivity contribution in [2.45, 2.75) is 49.6 Å². The van der Waals surface area contributed by atoms with Crippen LogP contribution in [0.3, 0.4) is 0 Å². The van der Waals surface area contributed by atoms with Crippen molar-refractivity contribution < 1.29 is 18.0 Å². The molecule has 3 aliphatic rings. The first-order valence-corrected chi connectivity index (χ1v) is 11.6. The van der Waals surface area contributed by atoms with E-state index in [4.69, 9.17) is 0 Å². The zero-order valence-electron chi connectivity index (χ0n) is 18.1. The van der Waals surface area contributed by atoms with Gasteiger partial charge in [-0.05, 0) is 66.8 Å². The molecule has 2 aromatic carbocycles. The van der Waals surface area contributed by atoms with Gasteiger partial charge in [0.15, 0.2) is 0 Å². The molecule has 3 nitrogen and oxygen atoms in total. The zero-order valence-corrected chi connectivity index (χ0v) is 18.1. The van der Waals surface area contributed by atoms with Crippen LogP contribution in [0.2, 0.25) is 0 Å². The molecule has 5 rings (SSSR count). The Balaban J connectivity index is 1.36. The maximum Gasteiger partial charge on any atom is 0.416 e. The van der Waals surface area contributed by atoms with E-state index in [1.54, 1.807) is 6.07 Å². The Morgan fingerprint density at radius 3 is 2.53 bits per heavy atom.